The van der Waals surface area contributed by atoms with Gasteiger partial charge in [-0.1, -0.05) is 41.9 Å². The van der Waals surface area contributed by atoms with Crippen LogP contribution >= 0.6 is 15.9 Å². The molecule has 0 saturated heterocycles. The van der Waals surface area contributed by atoms with Crippen LogP contribution in [0.4, 0.5) is 5.69 Å². The van der Waals surface area contributed by atoms with E-state index >= 15 is 0 Å². The molecular weight excluding hydrogens is 312 g/mol. The average Bonchev–Trinajstić information content (AvgIpc) is 2.38. The number of benzene rings is 1. The van der Waals surface area contributed by atoms with Crippen molar-refractivity contribution in [2.75, 3.05) is 6.54 Å². The molecule has 0 fully saturated rings. The third-order valence-corrected chi connectivity index (χ3v) is 4.17. The molecule has 0 heterocycles. The van der Waals surface area contributed by atoms with Crippen LogP contribution in [-0.2, 0) is 11.2 Å². The quantitative estimate of drug-likeness (QED) is 0.495. The summed E-state index contributed by atoms with van der Waals surface area (Å²) < 4.78 is 0. The zero-order valence-corrected chi connectivity index (χ0v) is 12.5. The van der Waals surface area contributed by atoms with Gasteiger partial charge in [0.05, 0.1) is 9.75 Å². The van der Waals surface area contributed by atoms with E-state index in [2.05, 4.69) is 21.2 Å². The van der Waals surface area contributed by atoms with Gasteiger partial charge in [-0.05, 0) is 17.9 Å². The molecule has 0 bridgehead atoms. The molecule has 0 radical (unpaired) electrons. The van der Waals surface area contributed by atoms with Crippen molar-refractivity contribution in [3.8, 4) is 0 Å². The molecule has 1 aromatic carbocycles. The number of hydrogen-bond donors (Lipinski definition) is 1. The Kier molecular flexibility index (Phi) is 5.95. The predicted octanol–water partition coefficient (Wildman–Crippen LogP) is 2.67. The first-order chi connectivity index (χ1) is 8.91. The lowest BCUT2D eigenvalue weighted by Gasteiger charge is -2.13. The first kappa shape index (κ1) is 15.6. The summed E-state index contributed by atoms with van der Waals surface area (Å²) in [6, 6.07) is 6.35. The van der Waals surface area contributed by atoms with Crippen molar-refractivity contribution in [1.82, 2.24) is 5.32 Å². The normalized spacial score (nSPS) is 12.2. The van der Waals surface area contributed by atoms with Gasteiger partial charge in [0.1, 0.15) is 0 Å². The highest BCUT2D eigenvalue weighted by Crippen LogP contribution is 2.13. The van der Waals surface area contributed by atoms with E-state index in [1.807, 2.05) is 13.8 Å². The SMILES string of the molecule is CC(C)C(Br)C(=O)NCCc1ccc([N+](=O)[O-])cc1. The van der Waals surface area contributed by atoms with Crippen LogP contribution in [0.2, 0.25) is 0 Å². The van der Waals surface area contributed by atoms with Crippen molar-refractivity contribution in [1.29, 1.82) is 0 Å². The predicted molar refractivity (Wildman–Crippen MR) is 77.4 cm³/mol. The molecule has 104 valence electrons. The van der Waals surface area contributed by atoms with Crippen LogP contribution in [0.15, 0.2) is 24.3 Å². The minimum absolute atomic E-state index is 0.0306. The van der Waals surface area contributed by atoms with Crippen LogP contribution < -0.4 is 5.32 Å². The van der Waals surface area contributed by atoms with Gasteiger partial charge in [-0.2, -0.15) is 0 Å². The van der Waals surface area contributed by atoms with Crippen LogP contribution in [0.3, 0.4) is 0 Å². The molecule has 0 saturated carbocycles. The molecule has 0 spiro atoms. The van der Waals surface area contributed by atoms with E-state index < -0.39 is 4.92 Å². The van der Waals surface area contributed by atoms with Gasteiger partial charge in [0.15, 0.2) is 0 Å². The van der Waals surface area contributed by atoms with Gasteiger partial charge >= 0.3 is 0 Å². The molecule has 19 heavy (non-hydrogen) atoms. The second kappa shape index (κ2) is 7.23. The van der Waals surface area contributed by atoms with Gasteiger partial charge in [-0.25, -0.2) is 0 Å². The van der Waals surface area contributed by atoms with E-state index in [0.717, 1.165) is 5.56 Å². The van der Waals surface area contributed by atoms with E-state index in [1.165, 1.54) is 12.1 Å². The smallest absolute Gasteiger partial charge is 0.269 e. The maximum absolute atomic E-state index is 11.7. The first-order valence-electron chi connectivity index (χ1n) is 6.07. The van der Waals surface area contributed by atoms with Gasteiger partial charge in [-0.3, -0.25) is 14.9 Å². The van der Waals surface area contributed by atoms with Crippen LogP contribution in [0.1, 0.15) is 19.4 Å². The minimum Gasteiger partial charge on any atom is -0.355 e. The third-order valence-electron chi connectivity index (χ3n) is 2.70. The number of alkyl halides is 1. The second-order valence-electron chi connectivity index (χ2n) is 4.61. The molecule has 1 atom stereocenters. The molecular formula is C13H17BrN2O3. The van der Waals surface area contributed by atoms with Crippen LogP contribution in [0.25, 0.3) is 0 Å². The lowest BCUT2D eigenvalue weighted by atomic mass is 10.1. The summed E-state index contributed by atoms with van der Waals surface area (Å²) in [4.78, 5) is 21.6. The average molecular weight is 329 g/mol. The first-order valence-corrected chi connectivity index (χ1v) is 6.98. The number of halogens is 1. The van der Waals surface area contributed by atoms with E-state index in [1.54, 1.807) is 12.1 Å². The number of nitrogens with one attached hydrogen (secondary N) is 1. The fourth-order valence-electron chi connectivity index (χ4n) is 1.51. The topological polar surface area (TPSA) is 72.2 Å². The summed E-state index contributed by atoms with van der Waals surface area (Å²) in [6.07, 6.45) is 0.654. The minimum atomic E-state index is -0.427. The molecule has 0 aliphatic carbocycles. The highest BCUT2D eigenvalue weighted by Gasteiger charge is 2.17. The summed E-state index contributed by atoms with van der Waals surface area (Å²) in [7, 11) is 0. The van der Waals surface area contributed by atoms with Gasteiger partial charge < -0.3 is 5.32 Å². The van der Waals surface area contributed by atoms with Crippen LogP contribution in [-0.4, -0.2) is 22.2 Å². The molecule has 1 amide bonds. The van der Waals surface area contributed by atoms with Crippen LogP contribution in [0, 0.1) is 16.0 Å². The Morgan fingerprint density at radius 2 is 1.95 bits per heavy atom. The van der Waals surface area contributed by atoms with Gasteiger partial charge in [0.25, 0.3) is 5.69 Å². The zero-order valence-electron chi connectivity index (χ0n) is 10.9. The molecule has 6 heteroatoms. The number of nitro groups is 1. The van der Waals surface area contributed by atoms with E-state index in [0.29, 0.717) is 13.0 Å². The van der Waals surface area contributed by atoms with Crippen molar-refractivity contribution in [2.45, 2.75) is 25.1 Å². The lowest BCUT2D eigenvalue weighted by molar-refractivity contribution is -0.384. The number of amides is 1. The number of rotatable bonds is 6. The summed E-state index contributed by atoms with van der Waals surface area (Å²) in [5.74, 6) is 0.205. The Bertz CT molecular complexity index is 446. The number of carbonyl (C=O) groups is 1. The zero-order chi connectivity index (χ0) is 14.4. The lowest BCUT2D eigenvalue weighted by Crippen LogP contribution is -2.35. The standard InChI is InChI=1S/C13H17BrN2O3/c1-9(2)12(14)13(17)15-8-7-10-3-5-11(6-4-10)16(18)19/h3-6,9,12H,7-8H2,1-2H3,(H,15,17). The highest BCUT2D eigenvalue weighted by atomic mass is 79.9. The largest absolute Gasteiger partial charge is 0.355 e. The van der Waals surface area contributed by atoms with Gasteiger partial charge in [0.2, 0.25) is 5.91 Å². The summed E-state index contributed by atoms with van der Waals surface area (Å²) in [5.41, 5.74) is 1.04. The fourth-order valence-corrected chi connectivity index (χ4v) is 1.68. The molecule has 1 N–H and O–H groups in total. The van der Waals surface area contributed by atoms with Crippen molar-refractivity contribution < 1.29 is 9.72 Å². The number of carbonyl (C=O) groups excluding carboxylic acids is 1. The molecule has 5 nitrogen and oxygen atoms in total. The molecule has 1 aromatic rings. The monoisotopic (exact) mass is 328 g/mol. The van der Waals surface area contributed by atoms with Crippen molar-refractivity contribution in [3.63, 3.8) is 0 Å². The van der Waals surface area contributed by atoms with Crippen LogP contribution in [0.5, 0.6) is 0 Å². The number of hydrogen-bond acceptors (Lipinski definition) is 3. The summed E-state index contributed by atoms with van der Waals surface area (Å²) in [5, 5.41) is 13.3. The third kappa shape index (κ3) is 4.98. The molecule has 0 aromatic heterocycles. The van der Waals surface area contributed by atoms with Crippen molar-refractivity contribution in [2.24, 2.45) is 5.92 Å². The van der Waals surface area contributed by atoms with Gasteiger partial charge in [0, 0.05) is 18.7 Å². The highest BCUT2D eigenvalue weighted by molar-refractivity contribution is 9.10. The maximum Gasteiger partial charge on any atom is 0.269 e. The molecule has 1 rings (SSSR count). The summed E-state index contributed by atoms with van der Waals surface area (Å²) >= 11 is 3.33. The Morgan fingerprint density at radius 3 is 2.42 bits per heavy atom. The maximum atomic E-state index is 11.7. The molecule has 0 aliphatic heterocycles. The van der Waals surface area contributed by atoms with E-state index in [-0.39, 0.29) is 22.3 Å². The fraction of sp³-hybridized carbons (Fsp3) is 0.462. The van der Waals surface area contributed by atoms with E-state index in [4.69, 9.17) is 0 Å². The Labute approximate surface area is 120 Å². The van der Waals surface area contributed by atoms with Crippen molar-refractivity contribution in [3.05, 3.63) is 39.9 Å². The Balaban J connectivity index is 2.41. The summed E-state index contributed by atoms with van der Waals surface area (Å²) in [6.45, 7) is 4.45. The van der Waals surface area contributed by atoms with Crippen molar-refractivity contribution >= 4 is 27.5 Å². The Hall–Kier alpha value is -1.43. The molecule has 1 unspecified atom stereocenters. The number of nitro benzene ring substituents is 1. The van der Waals surface area contributed by atoms with Gasteiger partial charge in [-0.15, -0.1) is 0 Å². The second-order valence-corrected chi connectivity index (χ2v) is 5.60. The number of nitrogens with zero attached hydrogens (tertiary/aromatic N) is 1. The Morgan fingerprint density at radius 1 is 1.37 bits per heavy atom. The molecule has 0 aliphatic rings. The van der Waals surface area contributed by atoms with E-state index in [9.17, 15) is 14.9 Å². The number of non-ortho nitro benzene ring substituents is 1.